The molecule has 0 saturated carbocycles. The number of carbonyl (C=O) groups is 3. The molecule has 21 heavy (non-hydrogen) atoms. The van der Waals surface area contributed by atoms with E-state index in [9.17, 15) is 14.4 Å². The first-order valence-electron chi connectivity index (χ1n) is 6.52. The van der Waals surface area contributed by atoms with Crippen LogP contribution in [-0.2, 0) is 9.59 Å². The maximum atomic E-state index is 11.6. The fourth-order valence-electron chi connectivity index (χ4n) is 1.73. The Labute approximate surface area is 121 Å². The molecule has 3 amide bonds. The summed E-state index contributed by atoms with van der Waals surface area (Å²) >= 11 is 0. The van der Waals surface area contributed by atoms with Crippen LogP contribution in [0, 0.1) is 12.8 Å². The minimum atomic E-state index is -0.979. The Morgan fingerprint density at radius 1 is 1.33 bits per heavy atom. The van der Waals surface area contributed by atoms with Crippen LogP contribution in [0.2, 0.25) is 0 Å². The normalized spacial score (nSPS) is 13.3. The van der Waals surface area contributed by atoms with E-state index in [2.05, 4.69) is 15.6 Å². The number of imide groups is 1. The van der Waals surface area contributed by atoms with Gasteiger partial charge in [-0.3, -0.25) is 14.9 Å². The second kappa shape index (κ2) is 7.41. The molecule has 1 aromatic rings. The number of carboxylic acid groups (broad SMARTS) is 1. The molecular weight excluding hydrogens is 278 g/mol. The molecule has 0 bridgehead atoms. The Balaban J connectivity index is 2.39. The molecule has 0 radical (unpaired) electrons. The third-order valence-corrected chi connectivity index (χ3v) is 2.67. The van der Waals surface area contributed by atoms with Gasteiger partial charge in [-0.05, 0) is 19.8 Å². The summed E-state index contributed by atoms with van der Waals surface area (Å²) in [5.74, 6) is -0.890. The van der Waals surface area contributed by atoms with Gasteiger partial charge in [-0.1, -0.05) is 6.92 Å². The van der Waals surface area contributed by atoms with Crippen molar-refractivity contribution in [1.82, 2.24) is 15.6 Å². The minimum Gasteiger partial charge on any atom is -0.481 e. The van der Waals surface area contributed by atoms with Crippen molar-refractivity contribution in [1.29, 1.82) is 0 Å². The van der Waals surface area contributed by atoms with Gasteiger partial charge in [0.1, 0.15) is 11.8 Å². The zero-order valence-electron chi connectivity index (χ0n) is 12.2. The Hall–Kier alpha value is -2.38. The molecule has 0 aromatic carbocycles. The second-order valence-electron chi connectivity index (χ2n) is 4.96. The van der Waals surface area contributed by atoms with Crippen molar-refractivity contribution in [3.8, 4) is 0 Å². The summed E-state index contributed by atoms with van der Waals surface area (Å²) in [5.41, 5.74) is 0. The third kappa shape index (κ3) is 6.07. The number of nitrogens with zero attached hydrogens (tertiary/aromatic N) is 1. The van der Waals surface area contributed by atoms with Gasteiger partial charge in [0.2, 0.25) is 11.8 Å². The average Bonchev–Trinajstić information content (AvgIpc) is 2.73. The molecule has 1 heterocycles. The summed E-state index contributed by atoms with van der Waals surface area (Å²) in [6.07, 6.45) is 1.37. The van der Waals surface area contributed by atoms with Gasteiger partial charge >= 0.3 is 12.0 Å². The van der Waals surface area contributed by atoms with Gasteiger partial charge in [-0.2, -0.15) is 0 Å². The van der Waals surface area contributed by atoms with Crippen molar-refractivity contribution in [3.63, 3.8) is 0 Å². The summed E-state index contributed by atoms with van der Waals surface area (Å²) in [4.78, 5) is 37.6. The van der Waals surface area contributed by atoms with Crippen LogP contribution in [0.15, 0.2) is 10.6 Å². The summed E-state index contributed by atoms with van der Waals surface area (Å²) in [7, 11) is 0. The lowest BCUT2D eigenvalue weighted by molar-refractivity contribution is -0.138. The number of aromatic nitrogens is 1. The van der Waals surface area contributed by atoms with Crippen molar-refractivity contribution in [2.75, 3.05) is 0 Å². The van der Waals surface area contributed by atoms with Crippen LogP contribution in [0.1, 0.15) is 44.4 Å². The molecule has 0 spiro atoms. The number of aliphatic carboxylic acids is 1. The minimum absolute atomic E-state index is 0.0355. The number of nitrogens with one attached hydrogen (secondary N) is 2. The predicted molar refractivity (Wildman–Crippen MR) is 72.4 cm³/mol. The molecule has 2 unspecified atom stereocenters. The monoisotopic (exact) mass is 297 g/mol. The van der Waals surface area contributed by atoms with Crippen LogP contribution in [0.4, 0.5) is 4.79 Å². The number of amides is 3. The number of hydrogen-bond donors (Lipinski definition) is 3. The van der Waals surface area contributed by atoms with Crippen LogP contribution in [0.25, 0.3) is 0 Å². The zero-order valence-corrected chi connectivity index (χ0v) is 12.2. The smallest absolute Gasteiger partial charge is 0.322 e. The second-order valence-corrected chi connectivity index (χ2v) is 4.96. The first-order chi connectivity index (χ1) is 9.77. The van der Waals surface area contributed by atoms with Crippen LogP contribution in [-0.4, -0.2) is 28.0 Å². The lowest BCUT2D eigenvalue weighted by Gasteiger charge is -2.12. The number of hydrogen-bond acceptors (Lipinski definition) is 5. The molecule has 8 nitrogen and oxygen atoms in total. The van der Waals surface area contributed by atoms with Crippen molar-refractivity contribution in [2.45, 2.75) is 39.7 Å². The van der Waals surface area contributed by atoms with Crippen molar-refractivity contribution in [2.24, 2.45) is 5.92 Å². The van der Waals surface area contributed by atoms with Crippen molar-refractivity contribution >= 4 is 17.9 Å². The van der Waals surface area contributed by atoms with Crippen LogP contribution >= 0.6 is 0 Å². The molecule has 2 atom stereocenters. The van der Waals surface area contributed by atoms with E-state index in [4.69, 9.17) is 9.52 Å². The van der Waals surface area contributed by atoms with E-state index in [1.807, 2.05) is 0 Å². The van der Waals surface area contributed by atoms with Gasteiger partial charge in [0.15, 0.2) is 0 Å². The van der Waals surface area contributed by atoms with Crippen molar-refractivity contribution < 1.29 is 23.9 Å². The lowest BCUT2D eigenvalue weighted by atomic mass is 10.0. The molecule has 0 saturated heterocycles. The van der Waals surface area contributed by atoms with Gasteiger partial charge in [0, 0.05) is 12.8 Å². The molecular formula is C13H19N3O5. The van der Waals surface area contributed by atoms with Gasteiger partial charge < -0.3 is 14.8 Å². The van der Waals surface area contributed by atoms with Crippen LogP contribution in [0.3, 0.4) is 0 Å². The third-order valence-electron chi connectivity index (χ3n) is 2.67. The number of carboxylic acids is 1. The van der Waals surface area contributed by atoms with Crippen LogP contribution in [0.5, 0.6) is 0 Å². The Morgan fingerprint density at radius 2 is 2.00 bits per heavy atom. The fourth-order valence-corrected chi connectivity index (χ4v) is 1.73. The molecule has 116 valence electrons. The molecule has 8 heteroatoms. The average molecular weight is 297 g/mol. The standard InChI is InChI=1S/C13H19N3O5/c1-7(5-11(18)19)4-10(17)16-13(20)15-9(3)12-14-6-8(2)21-12/h6-7,9H,4-5H2,1-3H3,(H,18,19)(H2,15,16,17,20). The highest BCUT2D eigenvalue weighted by molar-refractivity contribution is 5.94. The molecule has 0 aliphatic rings. The SMILES string of the molecule is Cc1cnc(C(C)NC(=O)NC(=O)CC(C)CC(=O)O)o1. The summed E-state index contributed by atoms with van der Waals surface area (Å²) in [6, 6.07) is -1.16. The number of carbonyl (C=O) groups excluding carboxylic acids is 2. The van der Waals surface area contributed by atoms with E-state index in [1.54, 1.807) is 20.8 Å². The van der Waals surface area contributed by atoms with Gasteiger partial charge in [0.25, 0.3) is 0 Å². The molecule has 0 aliphatic carbocycles. The number of urea groups is 1. The largest absolute Gasteiger partial charge is 0.481 e. The maximum Gasteiger partial charge on any atom is 0.322 e. The van der Waals surface area contributed by atoms with Gasteiger partial charge in [-0.25, -0.2) is 9.78 Å². The Bertz CT molecular complexity index is 526. The molecule has 1 aromatic heterocycles. The molecule has 1 rings (SSSR count). The zero-order chi connectivity index (χ0) is 16.0. The van der Waals surface area contributed by atoms with E-state index >= 15 is 0 Å². The molecule has 0 aliphatic heterocycles. The molecule has 0 fully saturated rings. The lowest BCUT2D eigenvalue weighted by Crippen LogP contribution is -2.41. The first kappa shape index (κ1) is 16.7. The van der Waals surface area contributed by atoms with Crippen LogP contribution < -0.4 is 10.6 Å². The van der Waals surface area contributed by atoms with E-state index in [0.717, 1.165) is 0 Å². The number of rotatable bonds is 6. The summed E-state index contributed by atoms with van der Waals surface area (Å²) in [5, 5.41) is 13.2. The van der Waals surface area contributed by atoms with E-state index in [1.165, 1.54) is 6.20 Å². The first-order valence-corrected chi connectivity index (χ1v) is 6.52. The highest BCUT2D eigenvalue weighted by Crippen LogP contribution is 2.11. The number of aryl methyl sites for hydroxylation is 1. The number of oxazole rings is 1. The topological polar surface area (TPSA) is 122 Å². The maximum absolute atomic E-state index is 11.6. The highest BCUT2D eigenvalue weighted by atomic mass is 16.4. The summed E-state index contributed by atoms with van der Waals surface area (Å²) < 4.78 is 5.26. The van der Waals surface area contributed by atoms with Crippen molar-refractivity contribution in [3.05, 3.63) is 17.8 Å². The van der Waals surface area contributed by atoms with E-state index < -0.39 is 23.9 Å². The highest BCUT2D eigenvalue weighted by Gasteiger charge is 2.18. The van der Waals surface area contributed by atoms with Gasteiger partial charge in [-0.15, -0.1) is 0 Å². The fraction of sp³-hybridized carbons (Fsp3) is 0.538. The van der Waals surface area contributed by atoms with E-state index in [-0.39, 0.29) is 18.8 Å². The predicted octanol–water partition coefficient (Wildman–Crippen LogP) is 1.37. The van der Waals surface area contributed by atoms with Gasteiger partial charge in [0.05, 0.1) is 6.20 Å². The molecule has 3 N–H and O–H groups in total. The Kier molecular flexibility index (Phi) is 5.89. The summed E-state index contributed by atoms with van der Waals surface area (Å²) in [6.45, 7) is 5.03. The quantitative estimate of drug-likeness (QED) is 0.729. The Morgan fingerprint density at radius 3 is 2.52 bits per heavy atom. The van der Waals surface area contributed by atoms with E-state index in [0.29, 0.717) is 11.7 Å².